The van der Waals surface area contributed by atoms with Gasteiger partial charge >= 0.3 is 0 Å². The number of ketones is 1. The zero-order valence-corrected chi connectivity index (χ0v) is 17.9. The van der Waals surface area contributed by atoms with E-state index in [0.717, 1.165) is 16.3 Å². The Kier molecular flexibility index (Phi) is 5.18. The molecule has 0 bridgehead atoms. The van der Waals surface area contributed by atoms with E-state index >= 15 is 0 Å². The summed E-state index contributed by atoms with van der Waals surface area (Å²) in [6, 6.07) is 23.0. The van der Waals surface area contributed by atoms with Crippen molar-refractivity contribution in [3.05, 3.63) is 108 Å². The Morgan fingerprint density at radius 2 is 1.73 bits per heavy atom. The minimum absolute atomic E-state index is 0.0207. The molecule has 4 aromatic rings. The van der Waals surface area contributed by atoms with Gasteiger partial charge in [0.2, 0.25) is 0 Å². The number of aliphatic hydroxyl groups is 1. The highest BCUT2D eigenvalue weighted by molar-refractivity contribution is 6.46. The zero-order valence-electron chi connectivity index (χ0n) is 17.9. The lowest BCUT2D eigenvalue weighted by Crippen LogP contribution is -2.29. The third-order valence-corrected chi connectivity index (χ3v) is 5.93. The van der Waals surface area contributed by atoms with E-state index in [9.17, 15) is 14.7 Å². The fourth-order valence-corrected chi connectivity index (χ4v) is 4.41. The Morgan fingerprint density at radius 1 is 0.970 bits per heavy atom. The number of likely N-dealkylation sites (tertiary alicyclic amines) is 1. The first-order chi connectivity index (χ1) is 16.1. The van der Waals surface area contributed by atoms with Crippen LogP contribution in [0.5, 0.6) is 5.75 Å². The summed E-state index contributed by atoms with van der Waals surface area (Å²) < 4.78 is 10.9. The predicted octanol–water partition coefficient (Wildman–Crippen LogP) is 5.06. The molecule has 0 spiro atoms. The minimum atomic E-state index is -0.800. The highest BCUT2D eigenvalue weighted by Gasteiger charge is 2.47. The van der Waals surface area contributed by atoms with Gasteiger partial charge in [0.15, 0.2) is 0 Å². The summed E-state index contributed by atoms with van der Waals surface area (Å²) in [4.78, 5) is 28.0. The molecule has 1 N–H and O–H groups in total. The quantitative estimate of drug-likeness (QED) is 0.267. The number of Topliss-reactive ketones (excluding diaryl/α,β-unsaturated/α-hetero) is 1. The Labute approximate surface area is 190 Å². The third kappa shape index (κ3) is 3.46. The second-order valence-electron chi connectivity index (χ2n) is 7.78. The number of hydrogen-bond acceptors (Lipinski definition) is 5. The van der Waals surface area contributed by atoms with Gasteiger partial charge in [0.1, 0.15) is 17.3 Å². The molecule has 1 fully saturated rings. The first-order valence-electron chi connectivity index (χ1n) is 10.5. The number of ether oxygens (including phenoxy) is 1. The molecule has 1 aromatic heterocycles. The van der Waals surface area contributed by atoms with E-state index in [2.05, 4.69) is 0 Å². The molecule has 2 heterocycles. The number of methoxy groups -OCH3 is 1. The molecule has 33 heavy (non-hydrogen) atoms. The maximum atomic E-state index is 13.3. The van der Waals surface area contributed by atoms with Crippen molar-refractivity contribution in [2.24, 2.45) is 0 Å². The number of rotatable bonds is 5. The molecular formula is C27H21NO5. The number of benzene rings is 3. The van der Waals surface area contributed by atoms with Gasteiger partial charge in [0, 0.05) is 0 Å². The van der Waals surface area contributed by atoms with Crippen LogP contribution in [0.4, 0.5) is 0 Å². The number of hydrogen-bond donors (Lipinski definition) is 1. The molecule has 1 aliphatic rings. The average Bonchev–Trinajstić information content (AvgIpc) is 3.45. The molecular weight excluding hydrogens is 418 g/mol. The van der Waals surface area contributed by atoms with Crippen LogP contribution >= 0.6 is 0 Å². The molecule has 1 aliphatic heterocycles. The number of carbonyl (C=O) groups is 2. The number of furan rings is 1. The van der Waals surface area contributed by atoms with Gasteiger partial charge in [-0.1, -0.05) is 54.6 Å². The maximum Gasteiger partial charge on any atom is 0.296 e. The van der Waals surface area contributed by atoms with Gasteiger partial charge in [-0.05, 0) is 40.6 Å². The van der Waals surface area contributed by atoms with E-state index in [1.165, 1.54) is 18.3 Å². The Hall–Kier alpha value is -4.32. The summed E-state index contributed by atoms with van der Waals surface area (Å²) in [5, 5.41) is 13.2. The summed E-state index contributed by atoms with van der Waals surface area (Å²) >= 11 is 0. The Bertz CT molecular complexity index is 1380. The fraction of sp³-hybridized carbons (Fsp3) is 0.111. The molecule has 1 saturated heterocycles. The minimum Gasteiger partial charge on any atom is -0.507 e. The van der Waals surface area contributed by atoms with Gasteiger partial charge in [0.25, 0.3) is 11.7 Å². The van der Waals surface area contributed by atoms with Gasteiger partial charge < -0.3 is 19.2 Å². The van der Waals surface area contributed by atoms with Gasteiger partial charge in [-0.15, -0.1) is 0 Å². The molecule has 0 saturated carbocycles. The van der Waals surface area contributed by atoms with Crippen molar-refractivity contribution in [2.75, 3.05) is 7.11 Å². The standard InChI is InChI=1S/C27H21NO5/c1-32-22-14-5-4-12-21(22)25(29)23-24(20-13-6-9-17-8-2-3-11-19(17)20)28(27(31)26(23)30)16-18-10-7-15-33-18/h2-15,24,29H,16H2,1H3/b25-23+. The Balaban J connectivity index is 1.76. The smallest absolute Gasteiger partial charge is 0.296 e. The van der Waals surface area contributed by atoms with Crippen molar-refractivity contribution >= 4 is 28.2 Å². The first-order valence-corrected chi connectivity index (χ1v) is 10.5. The lowest BCUT2D eigenvalue weighted by Gasteiger charge is -2.25. The predicted molar refractivity (Wildman–Crippen MR) is 123 cm³/mol. The van der Waals surface area contributed by atoms with Gasteiger partial charge in [-0.25, -0.2) is 0 Å². The maximum absolute atomic E-state index is 13.3. The second kappa shape index (κ2) is 8.31. The zero-order chi connectivity index (χ0) is 22.9. The largest absolute Gasteiger partial charge is 0.507 e. The first kappa shape index (κ1) is 20.6. The van der Waals surface area contributed by atoms with E-state index in [1.807, 2.05) is 42.5 Å². The molecule has 5 rings (SSSR count). The average molecular weight is 439 g/mol. The fourth-order valence-electron chi connectivity index (χ4n) is 4.41. The summed E-state index contributed by atoms with van der Waals surface area (Å²) in [7, 11) is 1.49. The SMILES string of the molecule is COc1ccccc1/C(O)=C1\C(=O)C(=O)N(Cc2ccco2)C1c1cccc2ccccc12. The van der Waals surface area contributed by atoms with Crippen molar-refractivity contribution in [1.29, 1.82) is 0 Å². The van der Waals surface area contributed by atoms with Crippen LogP contribution in [0.3, 0.4) is 0 Å². The van der Waals surface area contributed by atoms with Crippen LogP contribution in [0.2, 0.25) is 0 Å². The van der Waals surface area contributed by atoms with E-state index in [1.54, 1.807) is 36.4 Å². The van der Waals surface area contributed by atoms with Crippen LogP contribution in [0.15, 0.2) is 95.1 Å². The van der Waals surface area contributed by atoms with Crippen LogP contribution < -0.4 is 4.74 Å². The van der Waals surface area contributed by atoms with E-state index in [-0.39, 0.29) is 17.9 Å². The molecule has 164 valence electrons. The highest BCUT2D eigenvalue weighted by Crippen LogP contribution is 2.43. The lowest BCUT2D eigenvalue weighted by molar-refractivity contribution is -0.140. The number of para-hydroxylation sites is 1. The molecule has 1 unspecified atom stereocenters. The molecule has 1 atom stereocenters. The monoisotopic (exact) mass is 439 g/mol. The van der Waals surface area contributed by atoms with Crippen LogP contribution in [0, 0.1) is 0 Å². The van der Waals surface area contributed by atoms with Crippen molar-refractivity contribution in [3.63, 3.8) is 0 Å². The van der Waals surface area contributed by atoms with Crippen molar-refractivity contribution < 1.29 is 23.8 Å². The highest BCUT2D eigenvalue weighted by atomic mass is 16.5. The number of aliphatic hydroxyl groups excluding tert-OH is 1. The summed E-state index contributed by atoms with van der Waals surface area (Å²) in [6.07, 6.45) is 1.52. The van der Waals surface area contributed by atoms with Crippen molar-refractivity contribution in [2.45, 2.75) is 12.6 Å². The Morgan fingerprint density at radius 3 is 2.52 bits per heavy atom. The van der Waals surface area contributed by atoms with E-state index in [4.69, 9.17) is 9.15 Å². The van der Waals surface area contributed by atoms with Gasteiger partial charge in [0.05, 0.1) is 37.1 Å². The molecule has 0 radical (unpaired) electrons. The summed E-state index contributed by atoms with van der Waals surface area (Å²) in [5.41, 5.74) is 1.11. The van der Waals surface area contributed by atoms with Crippen LogP contribution in [-0.2, 0) is 16.1 Å². The number of fused-ring (bicyclic) bond motifs is 1. The molecule has 6 nitrogen and oxygen atoms in total. The molecule has 0 aliphatic carbocycles. The van der Waals surface area contributed by atoms with Crippen molar-refractivity contribution in [1.82, 2.24) is 4.90 Å². The number of carbonyl (C=O) groups excluding carboxylic acids is 2. The van der Waals surface area contributed by atoms with Gasteiger partial charge in [-0.2, -0.15) is 0 Å². The van der Waals surface area contributed by atoms with Gasteiger partial charge in [-0.3, -0.25) is 9.59 Å². The number of amides is 1. The second-order valence-corrected chi connectivity index (χ2v) is 7.78. The van der Waals surface area contributed by atoms with Crippen LogP contribution in [-0.4, -0.2) is 28.8 Å². The third-order valence-electron chi connectivity index (χ3n) is 5.93. The van der Waals surface area contributed by atoms with E-state index < -0.39 is 17.7 Å². The summed E-state index contributed by atoms with van der Waals surface area (Å²) in [6.45, 7) is 0.0914. The topological polar surface area (TPSA) is 80.0 Å². The molecule has 3 aromatic carbocycles. The lowest BCUT2D eigenvalue weighted by atomic mass is 9.91. The van der Waals surface area contributed by atoms with Crippen molar-refractivity contribution in [3.8, 4) is 5.75 Å². The van der Waals surface area contributed by atoms with Crippen LogP contribution in [0.25, 0.3) is 16.5 Å². The number of nitrogens with zero attached hydrogens (tertiary/aromatic N) is 1. The summed E-state index contributed by atoms with van der Waals surface area (Å²) in [5.74, 6) is -0.766. The molecule has 1 amide bonds. The molecule has 6 heteroatoms. The van der Waals surface area contributed by atoms with E-state index in [0.29, 0.717) is 17.1 Å². The van der Waals surface area contributed by atoms with Crippen LogP contribution in [0.1, 0.15) is 22.9 Å². The normalized spacial score (nSPS) is 17.6.